The average molecular weight is 446 g/mol. The molecule has 0 fully saturated rings. The first-order valence-corrected chi connectivity index (χ1v) is 11.0. The molecule has 6 nitrogen and oxygen atoms in total. The largest absolute Gasteiger partial charge is 0.458 e. The number of benzene rings is 1. The van der Waals surface area contributed by atoms with Crippen LogP contribution in [0.15, 0.2) is 58.1 Å². The lowest BCUT2D eigenvalue weighted by atomic mass is 9.82. The van der Waals surface area contributed by atoms with E-state index in [-0.39, 0.29) is 12.2 Å². The number of halogens is 1. The topological polar surface area (TPSA) is 84.1 Å². The van der Waals surface area contributed by atoms with Crippen molar-refractivity contribution in [3.63, 3.8) is 0 Å². The Balaban J connectivity index is 2.13. The first-order chi connectivity index (χ1) is 14.3. The van der Waals surface area contributed by atoms with E-state index >= 15 is 0 Å². The lowest BCUT2D eigenvalue weighted by Gasteiger charge is -2.28. The molecule has 2 aromatic rings. The Morgan fingerprint density at radius 2 is 2.07 bits per heavy atom. The van der Waals surface area contributed by atoms with E-state index in [1.807, 2.05) is 0 Å². The standard InChI is InChI=1S/C22H24ClN3O3S/c1-5-10-29-21(28)16-13(4)24-19-18(17(16)14-6-8-15(23)9-7-14)20(27)26-22(25-19)30-11-12(2)3/h5-9,12,17H,1,10-11H2,2-4H3,(H2,24,25,26,27)/t17-/m0/s1. The number of hydrogen-bond donors (Lipinski definition) is 2. The third kappa shape index (κ3) is 4.79. The van der Waals surface area contributed by atoms with Crippen molar-refractivity contribution in [1.29, 1.82) is 0 Å². The van der Waals surface area contributed by atoms with Gasteiger partial charge < -0.3 is 15.0 Å². The van der Waals surface area contributed by atoms with Crippen LogP contribution in [0.2, 0.25) is 5.02 Å². The SMILES string of the molecule is C=CCOC(=O)C1=C(C)Nc2nc(SCC(C)C)[nH]c(=O)c2[C@H]1c1ccc(Cl)cc1. The van der Waals surface area contributed by atoms with Gasteiger partial charge in [0.25, 0.3) is 5.56 Å². The quantitative estimate of drug-likeness (QED) is 0.277. The molecule has 1 aromatic carbocycles. The first-order valence-electron chi connectivity index (χ1n) is 9.60. The number of H-pyrrole nitrogens is 1. The number of nitrogens with zero attached hydrogens (tertiary/aromatic N) is 1. The van der Waals surface area contributed by atoms with Gasteiger partial charge in [-0.3, -0.25) is 4.79 Å². The summed E-state index contributed by atoms with van der Waals surface area (Å²) < 4.78 is 5.30. The van der Waals surface area contributed by atoms with Crippen LogP contribution in [0, 0.1) is 5.92 Å². The predicted octanol–water partition coefficient (Wildman–Crippen LogP) is 4.73. The summed E-state index contributed by atoms with van der Waals surface area (Å²) in [6.07, 6.45) is 1.50. The van der Waals surface area contributed by atoms with E-state index in [0.29, 0.717) is 38.7 Å². The van der Waals surface area contributed by atoms with Crippen LogP contribution in [-0.4, -0.2) is 28.3 Å². The first kappa shape index (κ1) is 22.2. The fraction of sp³-hybridized carbons (Fsp3) is 0.318. The Morgan fingerprint density at radius 1 is 1.37 bits per heavy atom. The zero-order valence-electron chi connectivity index (χ0n) is 17.1. The van der Waals surface area contributed by atoms with E-state index in [2.05, 4.69) is 35.7 Å². The fourth-order valence-electron chi connectivity index (χ4n) is 3.22. The summed E-state index contributed by atoms with van der Waals surface area (Å²) in [6, 6.07) is 7.07. The summed E-state index contributed by atoms with van der Waals surface area (Å²) in [5, 5.41) is 4.24. The zero-order valence-corrected chi connectivity index (χ0v) is 18.7. The van der Waals surface area contributed by atoms with Gasteiger partial charge in [0.15, 0.2) is 5.16 Å². The van der Waals surface area contributed by atoms with Crippen molar-refractivity contribution < 1.29 is 9.53 Å². The van der Waals surface area contributed by atoms with Gasteiger partial charge in [0.1, 0.15) is 12.4 Å². The number of ether oxygens (including phenoxy) is 1. The number of fused-ring (bicyclic) bond motifs is 1. The van der Waals surface area contributed by atoms with Gasteiger partial charge in [0, 0.05) is 16.5 Å². The maximum Gasteiger partial charge on any atom is 0.337 e. The Labute approximate surface area is 184 Å². The van der Waals surface area contributed by atoms with Crippen molar-refractivity contribution in [3.05, 3.63) is 74.7 Å². The lowest BCUT2D eigenvalue weighted by molar-refractivity contribution is -0.138. The third-order valence-corrected chi connectivity index (χ3v) is 6.08. The molecule has 1 aliphatic heterocycles. The second-order valence-corrected chi connectivity index (χ2v) is 8.82. The van der Waals surface area contributed by atoms with E-state index in [1.165, 1.54) is 17.8 Å². The molecular weight excluding hydrogens is 422 g/mol. The number of anilines is 1. The molecule has 2 N–H and O–H groups in total. The molecular formula is C22H24ClN3O3S. The van der Waals surface area contributed by atoms with Gasteiger partial charge in [-0.15, -0.1) is 0 Å². The van der Waals surface area contributed by atoms with Gasteiger partial charge in [-0.2, -0.15) is 0 Å². The highest BCUT2D eigenvalue weighted by Crippen LogP contribution is 2.40. The molecule has 2 heterocycles. The molecule has 8 heteroatoms. The normalized spacial score (nSPS) is 15.6. The van der Waals surface area contributed by atoms with Crippen LogP contribution in [0.25, 0.3) is 0 Å². The van der Waals surface area contributed by atoms with E-state index in [4.69, 9.17) is 16.3 Å². The van der Waals surface area contributed by atoms with Crippen molar-refractivity contribution in [2.75, 3.05) is 17.7 Å². The van der Waals surface area contributed by atoms with Crippen LogP contribution in [0.5, 0.6) is 0 Å². The zero-order chi connectivity index (χ0) is 21.8. The molecule has 0 amide bonds. The summed E-state index contributed by atoms with van der Waals surface area (Å²) >= 11 is 7.54. The van der Waals surface area contributed by atoms with Gasteiger partial charge in [-0.25, -0.2) is 9.78 Å². The van der Waals surface area contributed by atoms with Gasteiger partial charge in [-0.05, 0) is 30.5 Å². The number of thioether (sulfide) groups is 1. The summed E-state index contributed by atoms with van der Waals surface area (Å²) in [5.74, 6) is 0.595. The lowest BCUT2D eigenvalue weighted by Crippen LogP contribution is -2.31. The van der Waals surface area contributed by atoms with Gasteiger partial charge in [-0.1, -0.05) is 62.0 Å². The van der Waals surface area contributed by atoms with Crippen molar-refractivity contribution in [2.24, 2.45) is 5.92 Å². The molecule has 0 saturated carbocycles. The molecule has 0 spiro atoms. The number of carbonyl (C=O) groups excluding carboxylic acids is 1. The van der Waals surface area contributed by atoms with Crippen LogP contribution in [0.3, 0.4) is 0 Å². The molecule has 1 aliphatic rings. The minimum atomic E-state index is -0.628. The summed E-state index contributed by atoms with van der Waals surface area (Å²) in [5.41, 5.74) is 1.79. The number of hydrogen-bond acceptors (Lipinski definition) is 6. The second kappa shape index (κ2) is 9.53. The summed E-state index contributed by atoms with van der Waals surface area (Å²) in [4.78, 5) is 33.4. The predicted molar refractivity (Wildman–Crippen MR) is 121 cm³/mol. The molecule has 0 bridgehead atoms. The van der Waals surface area contributed by atoms with Gasteiger partial charge >= 0.3 is 5.97 Å². The number of carbonyl (C=O) groups is 1. The van der Waals surface area contributed by atoms with E-state index in [0.717, 1.165) is 11.3 Å². The summed E-state index contributed by atoms with van der Waals surface area (Å²) in [6.45, 7) is 9.65. The van der Waals surface area contributed by atoms with Crippen molar-refractivity contribution >= 4 is 35.1 Å². The van der Waals surface area contributed by atoms with Crippen LogP contribution in [-0.2, 0) is 9.53 Å². The second-order valence-electron chi connectivity index (χ2n) is 7.37. The molecule has 0 unspecified atom stereocenters. The Morgan fingerprint density at radius 3 is 2.70 bits per heavy atom. The van der Waals surface area contributed by atoms with Gasteiger partial charge in [0.2, 0.25) is 0 Å². The molecule has 1 aromatic heterocycles. The maximum atomic E-state index is 13.1. The highest BCUT2D eigenvalue weighted by atomic mass is 35.5. The monoisotopic (exact) mass is 445 g/mol. The molecule has 158 valence electrons. The number of aromatic amines is 1. The Kier molecular flexibility index (Phi) is 7.05. The molecule has 0 aliphatic carbocycles. The van der Waals surface area contributed by atoms with E-state index in [9.17, 15) is 9.59 Å². The van der Waals surface area contributed by atoms with Crippen LogP contribution in [0.4, 0.5) is 5.82 Å². The van der Waals surface area contributed by atoms with Crippen LogP contribution < -0.4 is 10.9 Å². The number of nitrogens with one attached hydrogen (secondary N) is 2. The average Bonchev–Trinajstić information content (AvgIpc) is 2.70. The molecule has 1 atom stereocenters. The number of allylic oxidation sites excluding steroid dienone is 1. The van der Waals surface area contributed by atoms with Crippen LogP contribution in [0.1, 0.15) is 37.8 Å². The van der Waals surface area contributed by atoms with E-state index in [1.54, 1.807) is 31.2 Å². The smallest absolute Gasteiger partial charge is 0.337 e. The van der Waals surface area contributed by atoms with Crippen molar-refractivity contribution in [2.45, 2.75) is 31.8 Å². The minimum absolute atomic E-state index is 0.0786. The highest BCUT2D eigenvalue weighted by molar-refractivity contribution is 7.99. The number of rotatable bonds is 7. The van der Waals surface area contributed by atoms with Gasteiger partial charge in [0.05, 0.1) is 17.1 Å². The number of aromatic nitrogens is 2. The molecule has 3 rings (SSSR count). The third-order valence-electron chi connectivity index (χ3n) is 4.53. The molecule has 30 heavy (non-hydrogen) atoms. The molecule has 0 saturated heterocycles. The molecule has 0 radical (unpaired) electrons. The summed E-state index contributed by atoms with van der Waals surface area (Å²) in [7, 11) is 0. The van der Waals surface area contributed by atoms with E-state index < -0.39 is 11.9 Å². The Hall–Kier alpha value is -2.51. The van der Waals surface area contributed by atoms with Crippen molar-refractivity contribution in [3.8, 4) is 0 Å². The van der Waals surface area contributed by atoms with Crippen LogP contribution >= 0.6 is 23.4 Å². The number of esters is 1. The maximum absolute atomic E-state index is 13.1. The fourth-order valence-corrected chi connectivity index (χ4v) is 4.15. The van der Waals surface area contributed by atoms with Crippen molar-refractivity contribution in [1.82, 2.24) is 9.97 Å². The highest BCUT2D eigenvalue weighted by Gasteiger charge is 2.36. The Bertz CT molecular complexity index is 1040. The minimum Gasteiger partial charge on any atom is -0.458 e.